The molecule has 0 saturated carbocycles. The van der Waals surface area contributed by atoms with Crippen LogP contribution in [0.4, 0.5) is 5.69 Å². The number of benzene rings is 2. The molecule has 0 radical (unpaired) electrons. The number of hydrogen-bond donors (Lipinski definition) is 1. The van der Waals surface area contributed by atoms with Crippen LogP contribution >= 0.6 is 11.6 Å². The predicted octanol–water partition coefficient (Wildman–Crippen LogP) is 3.66. The van der Waals surface area contributed by atoms with Gasteiger partial charge in [0.2, 0.25) is 0 Å². The second-order valence-corrected chi connectivity index (χ2v) is 5.94. The third kappa shape index (κ3) is 2.94. The second kappa shape index (κ2) is 5.77. The van der Waals surface area contributed by atoms with Gasteiger partial charge in [0.1, 0.15) is 0 Å². The molecule has 112 valence electrons. The van der Waals surface area contributed by atoms with E-state index in [2.05, 4.69) is 20.8 Å². The zero-order chi connectivity index (χ0) is 15.6. The van der Waals surface area contributed by atoms with Crippen LogP contribution in [0.1, 0.15) is 19.7 Å². The van der Waals surface area contributed by atoms with Crippen molar-refractivity contribution >= 4 is 17.3 Å². The molecule has 5 nitrogen and oxygen atoms in total. The van der Waals surface area contributed by atoms with E-state index in [4.69, 9.17) is 11.6 Å². The van der Waals surface area contributed by atoms with Gasteiger partial charge in [0.25, 0.3) is 0 Å². The van der Waals surface area contributed by atoms with Crippen LogP contribution in [-0.2, 0) is 5.54 Å². The second-order valence-electron chi connectivity index (χ2n) is 5.51. The first-order valence-electron chi connectivity index (χ1n) is 6.94. The molecule has 0 atom stereocenters. The first-order chi connectivity index (χ1) is 10.6. The quantitative estimate of drug-likeness (QED) is 0.798. The van der Waals surface area contributed by atoms with Crippen LogP contribution in [0, 0.1) is 0 Å². The fraction of sp³-hybridized carbons (Fsp3) is 0.188. The highest BCUT2D eigenvalue weighted by molar-refractivity contribution is 6.30. The smallest absolute Gasteiger partial charge is 0.181 e. The number of anilines is 1. The summed E-state index contributed by atoms with van der Waals surface area (Å²) >= 11 is 5.92. The Balaban J connectivity index is 1.93. The average molecular weight is 314 g/mol. The standard InChI is InChI=1S/C16H16ClN5/c1-16(2,18-13-10-8-12(17)9-11-13)15-19-20-21-22(15)14-6-4-3-5-7-14/h3-11,18H,1-2H3. The van der Waals surface area contributed by atoms with Gasteiger partial charge in [-0.25, -0.2) is 0 Å². The Morgan fingerprint density at radius 2 is 1.68 bits per heavy atom. The normalized spacial score (nSPS) is 11.4. The number of tetrazole rings is 1. The lowest BCUT2D eigenvalue weighted by molar-refractivity contribution is 0.542. The number of para-hydroxylation sites is 1. The summed E-state index contributed by atoms with van der Waals surface area (Å²) in [7, 11) is 0. The van der Waals surface area contributed by atoms with Gasteiger partial charge in [-0.1, -0.05) is 29.8 Å². The van der Waals surface area contributed by atoms with Crippen molar-refractivity contribution in [3.63, 3.8) is 0 Å². The number of aromatic nitrogens is 4. The van der Waals surface area contributed by atoms with Gasteiger partial charge in [-0.05, 0) is 60.7 Å². The molecular formula is C16H16ClN5. The maximum absolute atomic E-state index is 5.92. The Morgan fingerprint density at radius 3 is 2.36 bits per heavy atom. The Morgan fingerprint density at radius 1 is 1.00 bits per heavy atom. The summed E-state index contributed by atoms with van der Waals surface area (Å²) in [6.07, 6.45) is 0. The van der Waals surface area contributed by atoms with E-state index in [-0.39, 0.29) is 0 Å². The highest BCUT2D eigenvalue weighted by Gasteiger charge is 2.28. The van der Waals surface area contributed by atoms with E-state index in [1.807, 2.05) is 68.4 Å². The first-order valence-corrected chi connectivity index (χ1v) is 7.32. The van der Waals surface area contributed by atoms with Crippen LogP contribution in [0.2, 0.25) is 5.02 Å². The highest BCUT2D eigenvalue weighted by atomic mass is 35.5. The summed E-state index contributed by atoms with van der Waals surface area (Å²) in [6.45, 7) is 4.07. The van der Waals surface area contributed by atoms with E-state index in [0.717, 1.165) is 17.2 Å². The van der Waals surface area contributed by atoms with Gasteiger partial charge in [-0.3, -0.25) is 0 Å². The number of nitrogens with zero attached hydrogens (tertiary/aromatic N) is 4. The van der Waals surface area contributed by atoms with Crippen molar-refractivity contribution in [3.05, 3.63) is 65.4 Å². The van der Waals surface area contributed by atoms with Gasteiger partial charge in [0, 0.05) is 10.7 Å². The zero-order valence-electron chi connectivity index (χ0n) is 12.4. The molecule has 0 amide bonds. The predicted molar refractivity (Wildman–Crippen MR) is 87.3 cm³/mol. The highest BCUT2D eigenvalue weighted by Crippen LogP contribution is 2.26. The molecule has 0 bridgehead atoms. The lowest BCUT2D eigenvalue weighted by Crippen LogP contribution is -2.31. The summed E-state index contributed by atoms with van der Waals surface area (Å²) in [5.41, 5.74) is 1.43. The molecule has 0 unspecified atom stereocenters. The van der Waals surface area contributed by atoms with Crippen LogP contribution in [0.15, 0.2) is 54.6 Å². The molecule has 0 aliphatic carbocycles. The molecule has 0 aliphatic rings. The van der Waals surface area contributed by atoms with Gasteiger partial charge in [0.15, 0.2) is 5.82 Å². The average Bonchev–Trinajstić information content (AvgIpc) is 3.01. The summed E-state index contributed by atoms with van der Waals surface area (Å²) in [4.78, 5) is 0. The van der Waals surface area contributed by atoms with Crippen LogP contribution < -0.4 is 5.32 Å². The minimum absolute atomic E-state index is 0.451. The lowest BCUT2D eigenvalue weighted by atomic mass is 10.0. The Hall–Kier alpha value is -2.40. The maximum Gasteiger partial charge on any atom is 0.181 e. The number of nitrogens with one attached hydrogen (secondary N) is 1. The van der Waals surface area contributed by atoms with Crippen LogP contribution in [0.3, 0.4) is 0 Å². The SMILES string of the molecule is CC(C)(Nc1ccc(Cl)cc1)c1nnnn1-c1ccccc1. The fourth-order valence-electron chi connectivity index (χ4n) is 2.27. The van der Waals surface area contributed by atoms with E-state index >= 15 is 0 Å². The van der Waals surface area contributed by atoms with Crippen LogP contribution in [0.5, 0.6) is 0 Å². The largest absolute Gasteiger partial charge is 0.373 e. The van der Waals surface area contributed by atoms with Crippen molar-refractivity contribution in [2.24, 2.45) is 0 Å². The van der Waals surface area contributed by atoms with E-state index in [1.54, 1.807) is 4.68 Å². The molecule has 3 aromatic rings. The Bertz CT molecular complexity index is 750. The molecule has 3 rings (SSSR count). The molecule has 0 saturated heterocycles. The number of rotatable bonds is 4. The van der Waals surface area contributed by atoms with E-state index in [9.17, 15) is 0 Å². The topological polar surface area (TPSA) is 55.6 Å². The number of hydrogen-bond acceptors (Lipinski definition) is 4. The molecule has 0 fully saturated rings. The summed E-state index contributed by atoms with van der Waals surface area (Å²) in [6, 6.07) is 17.4. The molecule has 6 heteroatoms. The van der Waals surface area contributed by atoms with Crippen molar-refractivity contribution < 1.29 is 0 Å². The Kier molecular flexibility index (Phi) is 3.81. The molecule has 22 heavy (non-hydrogen) atoms. The minimum Gasteiger partial charge on any atom is -0.373 e. The van der Waals surface area contributed by atoms with Crippen LogP contribution in [-0.4, -0.2) is 20.2 Å². The van der Waals surface area contributed by atoms with Gasteiger partial charge < -0.3 is 5.32 Å². The van der Waals surface area contributed by atoms with E-state index in [1.165, 1.54) is 0 Å². The molecule has 1 N–H and O–H groups in total. The van der Waals surface area contributed by atoms with E-state index in [0.29, 0.717) is 5.02 Å². The van der Waals surface area contributed by atoms with Gasteiger partial charge in [-0.2, -0.15) is 4.68 Å². The fourth-order valence-corrected chi connectivity index (χ4v) is 2.40. The molecule has 2 aromatic carbocycles. The summed E-state index contributed by atoms with van der Waals surface area (Å²) in [5, 5.41) is 16.3. The molecule has 0 aliphatic heterocycles. The van der Waals surface area contributed by atoms with Crippen molar-refractivity contribution in [1.82, 2.24) is 20.2 Å². The summed E-state index contributed by atoms with van der Waals surface area (Å²) < 4.78 is 1.74. The third-order valence-corrected chi connectivity index (χ3v) is 3.58. The molecule has 1 aromatic heterocycles. The van der Waals surface area contributed by atoms with Crippen molar-refractivity contribution in [3.8, 4) is 5.69 Å². The zero-order valence-corrected chi connectivity index (χ0v) is 13.1. The lowest BCUT2D eigenvalue weighted by Gasteiger charge is -2.26. The molecule has 0 spiro atoms. The van der Waals surface area contributed by atoms with Crippen molar-refractivity contribution in [2.75, 3.05) is 5.32 Å². The van der Waals surface area contributed by atoms with Gasteiger partial charge in [-0.15, -0.1) is 5.10 Å². The summed E-state index contributed by atoms with van der Waals surface area (Å²) in [5.74, 6) is 0.730. The van der Waals surface area contributed by atoms with Crippen LogP contribution in [0.25, 0.3) is 5.69 Å². The van der Waals surface area contributed by atoms with Crippen molar-refractivity contribution in [2.45, 2.75) is 19.4 Å². The van der Waals surface area contributed by atoms with Gasteiger partial charge in [0.05, 0.1) is 11.2 Å². The first kappa shape index (κ1) is 14.5. The van der Waals surface area contributed by atoms with Gasteiger partial charge >= 0.3 is 0 Å². The monoisotopic (exact) mass is 313 g/mol. The number of halogens is 1. The molecular weight excluding hydrogens is 298 g/mol. The minimum atomic E-state index is -0.451. The molecule has 1 heterocycles. The van der Waals surface area contributed by atoms with Crippen molar-refractivity contribution in [1.29, 1.82) is 0 Å². The third-order valence-electron chi connectivity index (χ3n) is 3.33. The Labute approximate surface area is 133 Å². The maximum atomic E-state index is 5.92. The van der Waals surface area contributed by atoms with E-state index < -0.39 is 5.54 Å².